The number of carbonyl (C=O) groups excluding carboxylic acids is 1. The molecule has 0 bridgehead atoms. The molecule has 0 radical (unpaired) electrons. The minimum Gasteiger partial charge on any atom is -0.469 e. The minimum absolute atomic E-state index is 0.144. The second kappa shape index (κ2) is 3.44. The number of methoxy groups -OCH3 is 1. The van der Waals surface area contributed by atoms with Gasteiger partial charge in [0.15, 0.2) is 0 Å². The van der Waals surface area contributed by atoms with Gasteiger partial charge in [-0.25, -0.2) is 0 Å². The Balaban J connectivity index is 2.55. The summed E-state index contributed by atoms with van der Waals surface area (Å²) >= 11 is 0. The van der Waals surface area contributed by atoms with Gasteiger partial charge in [-0.05, 0) is 32.6 Å². The van der Waals surface area contributed by atoms with Crippen LogP contribution in [0.4, 0.5) is 0 Å². The first kappa shape index (κ1) is 9.52. The Hall–Kier alpha value is -0.570. The molecule has 1 N–H and O–H groups in total. The number of ether oxygens (including phenoxy) is 1. The van der Waals surface area contributed by atoms with Gasteiger partial charge in [-0.3, -0.25) is 4.79 Å². The number of hydrogen-bond acceptors (Lipinski definition) is 3. The average molecular weight is 172 g/mol. The Morgan fingerprint density at radius 2 is 2.00 bits per heavy atom. The molecule has 0 atom stereocenters. The van der Waals surface area contributed by atoms with E-state index in [2.05, 4.69) is 0 Å². The molecule has 1 saturated carbocycles. The summed E-state index contributed by atoms with van der Waals surface area (Å²) in [4.78, 5) is 11.3. The molecule has 0 aliphatic heterocycles. The van der Waals surface area contributed by atoms with Crippen LogP contribution < -0.4 is 0 Å². The zero-order valence-corrected chi connectivity index (χ0v) is 7.67. The molecule has 0 aromatic rings. The highest BCUT2D eigenvalue weighted by Crippen LogP contribution is 2.36. The lowest BCUT2D eigenvalue weighted by molar-refractivity contribution is -0.154. The summed E-state index contributed by atoms with van der Waals surface area (Å²) in [5, 5.41) is 9.24. The smallest absolute Gasteiger partial charge is 0.311 e. The molecule has 1 aliphatic rings. The zero-order chi connectivity index (χ0) is 9.19. The maximum Gasteiger partial charge on any atom is 0.311 e. The van der Waals surface area contributed by atoms with Crippen molar-refractivity contribution in [1.82, 2.24) is 0 Å². The second-order valence-corrected chi connectivity index (χ2v) is 3.78. The second-order valence-electron chi connectivity index (χ2n) is 3.78. The largest absolute Gasteiger partial charge is 0.469 e. The van der Waals surface area contributed by atoms with Gasteiger partial charge in [-0.1, -0.05) is 0 Å². The lowest BCUT2D eigenvalue weighted by atomic mass is 9.75. The first-order valence-electron chi connectivity index (χ1n) is 4.35. The highest BCUT2D eigenvalue weighted by Gasteiger charge is 2.37. The monoisotopic (exact) mass is 172 g/mol. The minimum atomic E-state index is -0.353. The summed E-state index contributed by atoms with van der Waals surface area (Å²) in [7, 11) is 1.42. The van der Waals surface area contributed by atoms with Crippen LogP contribution in [0.5, 0.6) is 0 Å². The molecular weight excluding hydrogens is 156 g/mol. The molecule has 0 amide bonds. The van der Waals surface area contributed by atoms with Crippen LogP contribution in [0.2, 0.25) is 0 Å². The van der Waals surface area contributed by atoms with Crippen molar-refractivity contribution in [3.05, 3.63) is 0 Å². The van der Waals surface area contributed by atoms with Crippen molar-refractivity contribution < 1.29 is 14.6 Å². The highest BCUT2D eigenvalue weighted by molar-refractivity contribution is 5.76. The number of aliphatic hydroxyl groups excluding tert-OH is 1. The van der Waals surface area contributed by atoms with Gasteiger partial charge in [0.25, 0.3) is 0 Å². The maximum atomic E-state index is 11.3. The van der Waals surface area contributed by atoms with Crippen molar-refractivity contribution in [2.75, 3.05) is 7.11 Å². The van der Waals surface area contributed by atoms with Gasteiger partial charge in [-0.15, -0.1) is 0 Å². The Kier molecular flexibility index (Phi) is 2.73. The first-order chi connectivity index (χ1) is 5.58. The predicted octanol–water partition coefficient (Wildman–Crippen LogP) is 1.10. The standard InChI is InChI=1S/C9H16O3/c1-9(8(11)12-2)5-3-7(10)4-6-9/h7,10H,3-6H2,1-2H3/t7-,9+. The van der Waals surface area contributed by atoms with Gasteiger partial charge >= 0.3 is 5.97 Å². The Morgan fingerprint density at radius 1 is 1.50 bits per heavy atom. The molecule has 0 unspecified atom stereocenters. The summed E-state index contributed by atoms with van der Waals surface area (Å²) in [5.41, 5.74) is -0.353. The van der Waals surface area contributed by atoms with Crippen molar-refractivity contribution in [2.45, 2.75) is 38.7 Å². The lowest BCUT2D eigenvalue weighted by Crippen LogP contribution is -2.35. The quantitative estimate of drug-likeness (QED) is 0.602. The van der Waals surface area contributed by atoms with E-state index in [4.69, 9.17) is 4.74 Å². The van der Waals surface area contributed by atoms with Crippen LogP contribution >= 0.6 is 0 Å². The number of aliphatic hydroxyl groups is 1. The fraction of sp³-hybridized carbons (Fsp3) is 0.889. The van der Waals surface area contributed by atoms with E-state index in [9.17, 15) is 9.90 Å². The van der Waals surface area contributed by atoms with E-state index in [0.29, 0.717) is 12.8 Å². The summed E-state index contributed by atoms with van der Waals surface area (Å²) in [6, 6.07) is 0. The molecule has 70 valence electrons. The van der Waals surface area contributed by atoms with Crippen LogP contribution in [0.1, 0.15) is 32.6 Å². The Morgan fingerprint density at radius 3 is 2.42 bits per heavy atom. The normalized spacial score (nSPS) is 36.1. The van der Waals surface area contributed by atoms with Gasteiger partial charge < -0.3 is 9.84 Å². The van der Waals surface area contributed by atoms with Crippen molar-refractivity contribution in [3.63, 3.8) is 0 Å². The molecule has 0 aromatic heterocycles. The molecule has 0 heterocycles. The molecule has 1 fully saturated rings. The highest BCUT2D eigenvalue weighted by atomic mass is 16.5. The predicted molar refractivity (Wildman–Crippen MR) is 44.6 cm³/mol. The Labute approximate surface area is 72.7 Å². The summed E-state index contributed by atoms with van der Waals surface area (Å²) in [6.45, 7) is 1.91. The molecule has 12 heavy (non-hydrogen) atoms. The van der Waals surface area contributed by atoms with Crippen molar-refractivity contribution in [1.29, 1.82) is 0 Å². The molecule has 0 saturated heterocycles. The summed E-state index contributed by atoms with van der Waals surface area (Å²) in [5.74, 6) is -0.144. The fourth-order valence-electron chi connectivity index (χ4n) is 1.69. The van der Waals surface area contributed by atoms with Gasteiger partial charge in [0, 0.05) is 0 Å². The van der Waals surface area contributed by atoms with Crippen LogP contribution in [-0.2, 0) is 9.53 Å². The maximum absolute atomic E-state index is 11.3. The van der Waals surface area contributed by atoms with Crippen molar-refractivity contribution >= 4 is 5.97 Å². The molecule has 0 spiro atoms. The SMILES string of the molecule is COC(=O)[C@]1(C)CC[C@H](O)CC1. The lowest BCUT2D eigenvalue weighted by Gasteiger charge is -2.32. The zero-order valence-electron chi connectivity index (χ0n) is 7.67. The van der Waals surface area contributed by atoms with E-state index in [0.717, 1.165) is 12.8 Å². The molecule has 1 rings (SSSR count). The van der Waals surface area contributed by atoms with Crippen LogP contribution in [0.15, 0.2) is 0 Å². The van der Waals surface area contributed by atoms with E-state index in [-0.39, 0.29) is 17.5 Å². The molecule has 0 aromatic carbocycles. The van der Waals surface area contributed by atoms with E-state index in [1.54, 1.807) is 0 Å². The topological polar surface area (TPSA) is 46.5 Å². The Bertz CT molecular complexity index is 169. The summed E-state index contributed by atoms with van der Waals surface area (Å²) in [6.07, 6.45) is 2.68. The van der Waals surface area contributed by atoms with E-state index in [1.165, 1.54) is 7.11 Å². The van der Waals surface area contributed by atoms with Gasteiger partial charge in [0.1, 0.15) is 0 Å². The molecular formula is C9H16O3. The third kappa shape index (κ3) is 1.78. The van der Waals surface area contributed by atoms with Crippen molar-refractivity contribution in [3.8, 4) is 0 Å². The average Bonchev–Trinajstić information content (AvgIpc) is 2.09. The van der Waals surface area contributed by atoms with Gasteiger partial charge in [0.05, 0.1) is 18.6 Å². The van der Waals surface area contributed by atoms with E-state index in [1.807, 2.05) is 6.92 Å². The van der Waals surface area contributed by atoms with E-state index < -0.39 is 0 Å². The van der Waals surface area contributed by atoms with Gasteiger partial charge in [-0.2, -0.15) is 0 Å². The molecule has 3 nitrogen and oxygen atoms in total. The van der Waals surface area contributed by atoms with Crippen LogP contribution in [0.25, 0.3) is 0 Å². The van der Waals surface area contributed by atoms with Gasteiger partial charge in [0.2, 0.25) is 0 Å². The summed E-state index contributed by atoms with van der Waals surface area (Å²) < 4.78 is 4.71. The number of esters is 1. The van der Waals surface area contributed by atoms with Crippen LogP contribution in [-0.4, -0.2) is 24.3 Å². The number of carbonyl (C=O) groups is 1. The first-order valence-corrected chi connectivity index (χ1v) is 4.35. The molecule has 1 aliphatic carbocycles. The third-order valence-corrected chi connectivity index (χ3v) is 2.74. The number of rotatable bonds is 1. The fourth-order valence-corrected chi connectivity index (χ4v) is 1.69. The van der Waals surface area contributed by atoms with Crippen LogP contribution in [0.3, 0.4) is 0 Å². The number of hydrogen-bond donors (Lipinski definition) is 1. The van der Waals surface area contributed by atoms with Crippen molar-refractivity contribution in [2.24, 2.45) is 5.41 Å². The molecule has 3 heteroatoms. The van der Waals surface area contributed by atoms with E-state index >= 15 is 0 Å². The third-order valence-electron chi connectivity index (χ3n) is 2.74. The van der Waals surface area contributed by atoms with Crippen LogP contribution in [0, 0.1) is 5.41 Å².